The van der Waals surface area contributed by atoms with Crippen LogP contribution >= 0.6 is 34.5 Å². The molecule has 88 valence electrons. The Bertz CT molecular complexity index is 597. The van der Waals surface area contributed by atoms with Crippen molar-refractivity contribution >= 4 is 46.0 Å². The van der Waals surface area contributed by atoms with Crippen molar-refractivity contribution in [2.24, 2.45) is 0 Å². The Morgan fingerprint density at radius 1 is 1.24 bits per heavy atom. The SMILES string of the molecule is Nc1ccc(F)cc1C(=O)c1cc(Cl)sc1Cl. The van der Waals surface area contributed by atoms with Gasteiger partial charge in [0.1, 0.15) is 10.2 Å². The summed E-state index contributed by atoms with van der Waals surface area (Å²) in [7, 11) is 0. The number of rotatable bonds is 2. The molecule has 0 saturated heterocycles. The second kappa shape index (κ2) is 4.64. The van der Waals surface area contributed by atoms with Gasteiger partial charge in [-0.25, -0.2) is 4.39 Å². The Morgan fingerprint density at radius 2 is 1.94 bits per heavy atom. The van der Waals surface area contributed by atoms with Crippen LogP contribution in [-0.4, -0.2) is 5.78 Å². The standard InChI is InChI=1S/C11H6Cl2FNOS/c12-9-4-7(11(13)17-9)10(16)6-3-5(14)1-2-8(6)15/h1-4H,15H2. The number of anilines is 1. The number of hydrogen-bond donors (Lipinski definition) is 1. The van der Waals surface area contributed by atoms with Crippen molar-refractivity contribution in [1.29, 1.82) is 0 Å². The van der Waals surface area contributed by atoms with Crippen molar-refractivity contribution in [3.05, 3.63) is 49.9 Å². The third-order valence-corrected chi connectivity index (χ3v) is 3.65. The molecule has 0 unspecified atom stereocenters. The van der Waals surface area contributed by atoms with E-state index >= 15 is 0 Å². The fraction of sp³-hybridized carbons (Fsp3) is 0. The lowest BCUT2D eigenvalue weighted by Gasteiger charge is -2.03. The number of carbonyl (C=O) groups is 1. The maximum absolute atomic E-state index is 13.1. The van der Waals surface area contributed by atoms with Crippen LogP contribution in [0.1, 0.15) is 15.9 Å². The fourth-order valence-corrected chi connectivity index (χ4v) is 2.82. The number of ketones is 1. The largest absolute Gasteiger partial charge is 0.398 e. The van der Waals surface area contributed by atoms with Crippen molar-refractivity contribution < 1.29 is 9.18 Å². The number of nitrogens with two attached hydrogens (primary N) is 1. The van der Waals surface area contributed by atoms with Gasteiger partial charge in [-0.15, -0.1) is 11.3 Å². The van der Waals surface area contributed by atoms with E-state index < -0.39 is 11.6 Å². The molecule has 2 N–H and O–H groups in total. The average molecular weight is 290 g/mol. The maximum Gasteiger partial charge on any atom is 0.197 e. The van der Waals surface area contributed by atoms with Gasteiger partial charge in [-0.05, 0) is 24.3 Å². The number of nitrogen functional groups attached to an aromatic ring is 1. The molecule has 1 heterocycles. The van der Waals surface area contributed by atoms with Gasteiger partial charge in [0, 0.05) is 11.3 Å². The van der Waals surface area contributed by atoms with E-state index in [1.54, 1.807) is 0 Å². The molecule has 0 bridgehead atoms. The van der Waals surface area contributed by atoms with Crippen LogP contribution < -0.4 is 5.73 Å². The minimum atomic E-state index is -0.528. The molecule has 0 saturated carbocycles. The predicted octanol–water partition coefficient (Wildman–Crippen LogP) is 4.01. The summed E-state index contributed by atoms with van der Waals surface area (Å²) in [6, 6.07) is 5.06. The molecule has 2 aromatic rings. The topological polar surface area (TPSA) is 43.1 Å². The summed E-state index contributed by atoms with van der Waals surface area (Å²) in [5.74, 6) is -0.963. The summed E-state index contributed by atoms with van der Waals surface area (Å²) in [5, 5.41) is 0. The smallest absolute Gasteiger partial charge is 0.197 e. The third kappa shape index (κ3) is 2.44. The van der Waals surface area contributed by atoms with Crippen LogP contribution in [-0.2, 0) is 0 Å². The first-order valence-corrected chi connectivity index (χ1v) is 6.11. The third-order valence-electron chi connectivity index (χ3n) is 2.16. The second-order valence-corrected chi connectivity index (χ2v) is 5.58. The number of thiophene rings is 1. The first-order valence-electron chi connectivity index (χ1n) is 4.53. The quantitative estimate of drug-likeness (QED) is 0.671. The zero-order valence-electron chi connectivity index (χ0n) is 8.34. The molecule has 1 aromatic carbocycles. The molecule has 0 radical (unpaired) electrons. The average Bonchev–Trinajstić information content (AvgIpc) is 2.60. The van der Waals surface area contributed by atoms with Crippen molar-refractivity contribution in [1.82, 2.24) is 0 Å². The lowest BCUT2D eigenvalue weighted by Crippen LogP contribution is -2.05. The van der Waals surface area contributed by atoms with E-state index in [0.717, 1.165) is 17.4 Å². The number of halogens is 3. The molecule has 6 heteroatoms. The van der Waals surface area contributed by atoms with Crippen molar-refractivity contribution in [3.8, 4) is 0 Å². The summed E-state index contributed by atoms with van der Waals surface area (Å²) < 4.78 is 13.7. The van der Waals surface area contributed by atoms with Gasteiger partial charge in [0.05, 0.1) is 9.90 Å². The lowest BCUT2D eigenvalue weighted by molar-refractivity contribution is 0.103. The summed E-state index contributed by atoms with van der Waals surface area (Å²) >= 11 is 12.7. The minimum absolute atomic E-state index is 0.0846. The van der Waals surface area contributed by atoms with Crippen LogP contribution in [0.15, 0.2) is 24.3 Å². The second-order valence-electron chi connectivity index (χ2n) is 3.30. The van der Waals surface area contributed by atoms with E-state index in [1.807, 2.05) is 0 Å². The molecule has 2 nitrogen and oxygen atoms in total. The molecule has 1 aromatic heterocycles. The molecule has 0 aliphatic carbocycles. The zero-order chi connectivity index (χ0) is 12.6. The van der Waals surface area contributed by atoms with Crippen LogP contribution in [0.5, 0.6) is 0 Å². The highest BCUT2D eigenvalue weighted by atomic mass is 35.5. The molecule has 0 aliphatic rings. The first kappa shape index (κ1) is 12.4. The number of hydrogen-bond acceptors (Lipinski definition) is 3. The fourth-order valence-electron chi connectivity index (χ4n) is 1.37. The Morgan fingerprint density at radius 3 is 2.53 bits per heavy atom. The van der Waals surface area contributed by atoms with E-state index in [2.05, 4.69) is 0 Å². The van der Waals surface area contributed by atoms with E-state index in [0.29, 0.717) is 4.34 Å². The number of carbonyl (C=O) groups excluding carboxylic acids is 1. The molecule has 0 amide bonds. The highest BCUT2D eigenvalue weighted by Gasteiger charge is 2.18. The summed E-state index contributed by atoms with van der Waals surface area (Å²) in [6.45, 7) is 0. The van der Waals surface area contributed by atoms with E-state index in [9.17, 15) is 9.18 Å². The molecule has 0 atom stereocenters. The van der Waals surface area contributed by atoms with Crippen LogP contribution in [0.3, 0.4) is 0 Å². The minimum Gasteiger partial charge on any atom is -0.398 e. The van der Waals surface area contributed by atoms with Crippen LogP contribution in [0.2, 0.25) is 8.67 Å². The lowest BCUT2D eigenvalue weighted by atomic mass is 10.0. The molecule has 17 heavy (non-hydrogen) atoms. The normalized spacial score (nSPS) is 10.5. The van der Waals surface area contributed by atoms with Crippen molar-refractivity contribution in [2.45, 2.75) is 0 Å². The molecule has 0 aliphatic heterocycles. The van der Waals surface area contributed by atoms with Crippen LogP contribution in [0.25, 0.3) is 0 Å². The highest BCUT2D eigenvalue weighted by Crippen LogP contribution is 2.33. The molecule has 0 fully saturated rings. The Hall–Kier alpha value is -1.10. The van der Waals surface area contributed by atoms with Gasteiger partial charge < -0.3 is 5.73 Å². The molecule has 2 rings (SSSR count). The Balaban J connectivity index is 2.50. The zero-order valence-corrected chi connectivity index (χ0v) is 10.7. The Labute approximate surface area is 111 Å². The summed E-state index contributed by atoms with van der Waals surface area (Å²) in [5.41, 5.74) is 6.15. The van der Waals surface area contributed by atoms with Gasteiger partial charge >= 0.3 is 0 Å². The van der Waals surface area contributed by atoms with Gasteiger partial charge in [0.15, 0.2) is 5.78 Å². The summed E-state index contributed by atoms with van der Waals surface area (Å²) in [4.78, 5) is 12.1. The van der Waals surface area contributed by atoms with Crippen molar-refractivity contribution in [2.75, 3.05) is 5.73 Å². The molecule has 0 spiro atoms. The maximum atomic E-state index is 13.1. The number of benzene rings is 1. The van der Waals surface area contributed by atoms with E-state index in [-0.39, 0.29) is 21.2 Å². The van der Waals surface area contributed by atoms with Crippen LogP contribution in [0, 0.1) is 5.82 Å². The predicted molar refractivity (Wildman–Crippen MR) is 68.6 cm³/mol. The van der Waals surface area contributed by atoms with Crippen molar-refractivity contribution in [3.63, 3.8) is 0 Å². The monoisotopic (exact) mass is 289 g/mol. The summed E-state index contributed by atoms with van der Waals surface area (Å²) in [6.07, 6.45) is 0. The van der Waals surface area contributed by atoms with Gasteiger partial charge in [-0.2, -0.15) is 0 Å². The van der Waals surface area contributed by atoms with Gasteiger partial charge in [-0.1, -0.05) is 23.2 Å². The van der Waals surface area contributed by atoms with Gasteiger partial charge in [0.25, 0.3) is 0 Å². The van der Waals surface area contributed by atoms with E-state index in [4.69, 9.17) is 28.9 Å². The van der Waals surface area contributed by atoms with Gasteiger partial charge in [-0.3, -0.25) is 4.79 Å². The molecular formula is C11H6Cl2FNOS. The van der Waals surface area contributed by atoms with E-state index in [1.165, 1.54) is 18.2 Å². The van der Waals surface area contributed by atoms with Gasteiger partial charge in [0.2, 0.25) is 0 Å². The Kier molecular flexibility index (Phi) is 3.38. The highest BCUT2D eigenvalue weighted by molar-refractivity contribution is 7.20. The van der Waals surface area contributed by atoms with Crippen LogP contribution in [0.4, 0.5) is 10.1 Å². The molecular weight excluding hydrogens is 284 g/mol. The first-order chi connectivity index (χ1) is 7.99.